The second-order valence-corrected chi connectivity index (χ2v) is 4.83. The van der Waals surface area contributed by atoms with Crippen LogP contribution in [0, 0.1) is 0 Å². The summed E-state index contributed by atoms with van der Waals surface area (Å²) in [5.41, 5.74) is 1.23. The third-order valence-corrected chi connectivity index (χ3v) is 3.45. The number of methoxy groups -OCH3 is 2. The lowest BCUT2D eigenvalue weighted by atomic mass is 10.2. The molecule has 5 heteroatoms. The van der Waals surface area contributed by atoms with E-state index in [1.807, 2.05) is 18.3 Å². The molecule has 0 bridgehead atoms. The van der Waals surface area contributed by atoms with Crippen LogP contribution < -0.4 is 14.8 Å². The number of benzene rings is 1. The Balaban J connectivity index is 1.80. The zero-order chi connectivity index (χ0) is 12.8. The van der Waals surface area contributed by atoms with Crippen LogP contribution in [0.4, 0.5) is 0 Å². The highest BCUT2D eigenvalue weighted by atomic mass is 32.1. The first-order valence-electron chi connectivity index (χ1n) is 5.64. The van der Waals surface area contributed by atoms with E-state index in [-0.39, 0.29) is 0 Å². The summed E-state index contributed by atoms with van der Waals surface area (Å²) >= 11 is 1.56. The standard InChI is InChI=1S/C13H16N2O2S/c1-16-11-5-3-10(4-6-11)7-14-8-12-9-15-13(17-2)18-12/h3-6,9,14H,7-8H2,1-2H3. The highest BCUT2D eigenvalue weighted by Crippen LogP contribution is 2.19. The SMILES string of the molecule is COc1ccc(CNCc2cnc(OC)s2)cc1. The van der Waals surface area contributed by atoms with E-state index in [0.29, 0.717) is 5.19 Å². The first kappa shape index (κ1) is 12.9. The number of hydrogen-bond acceptors (Lipinski definition) is 5. The monoisotopic (exact) mass is 264 g/mol. The van der Waals surface area contributed by atoms with Gasteiger partial charge in [-0.3, -0.25) is 0 Å². The molecule has 0 fully saturated rings. The third kappa shape index (κ3) is 3.45. The Labute approximate surface area is 111 Å². The molecule has 0 unspecified atom stereocenters. The van der Waals surface area contributed by atoms with Gasteiger partial charge in [0.2, 0.25) is 0 Å². The molecule has 96 valence electrons. The van der Waals surface area contributed by atoms with Crippen molar-refractivity contribution in [3.8, 4) is 10.9 Å². The highest BCUT2D eigenvalue weighted by molar-refractivity contribution is 7.13. The van der Waals surface area contributed by atoms with E-state index < -0.39 is 0 Å². The summed E-state index contributed by atoms with van der Waals surface area (Å²) in [6.45, 7) is 1.62. The van der Waals surface area contributed by atoms with E-state index in [1.54, 1.807) is 25.6 Å². The van der Waals surface area contributed by atoms with Crippen molar-refractivity contribution in [1.82, 2.24) is 10.3 Å². The normalized spacial score (nSPS) is 10.3. The summed E-state index contributed by atoms with van der Waals surface area (Å²) < 4.78 is 10.2. The Morgan fingerprint density at radius 2 is 1.89 bits per heavy atom. The maximum absolute atomic E-state index is 5.12. The number of rotatable bonds is 6. The largest absolute Gasteiger partial charge is 0.497 e. The van der Waals surface area contributed by atoms with Crippen molar-refractivity contribution in [1.29, 1.82) is 0 Å². The zero-order valence-electron chi connectivity index (χ0n) is 10.5. The molecule has 1 N–H and O–H groups in total. The molecule has 0 saturated carbocycles. The number of ether oxygens (including phenoxy) is 2. The van der Waals surface area contributed by atoms with Crippen LogP contribution >= 0.6 is 11.3 Å². The van der Waals surface area contributed by atoms with Gasteiger partial charge in [0.1, 0.15) is 5.75 Å². The van der Waals surface area contributed by atoms with Gasteiger partial charge in [-0.2, -0.15) is 0 Å². The van der Waals surface area contributed by atoms with E-state index >= 15 is 0 Å². The molecule has 1 aromatic heterocycles. The summed E-state index contributed by atoms with van der Waals surface area (Å²) in [6.07, 6.45) is 1.84. The fourth-order valence-electron chi connectivity index (χ4n) is 1.54. The summed E-state index contributed by atoms with van der Waals surface area (Å²) in [6, 6.07) is 8.04. The minimum Gasteiger partial charge on any atom is -0.497 e. The molecule has 0 atom stereocenters. The Morgan fingerprint density at radius 3 is 2.50 bits per heavy atom. The van der Waals surface area contributed by atoms with Crippen LogP contribution in [0.2, 0.25) is 0 Å². The van der Waals surface area contributed by atoms with Gasteiger partial charge in [-0.15, -0.1) is 0 Å². The van der Waals surface area contributed by atoms with Crippen LogP contribution in [0.1, 0.15) is 10.4 Å². The molecule has 0 spiro atoms. The van der Waals surface area contributed by atoms with Crippen molar-refractivity contribution >= 4 is 11.3 Å². The molecule has 0 radical (unpaired) electrons. The molecule has 0 aliphatic carbocycles. The second kappa shape index (κ2) is 6.37. The van der Waals surface area contributed by atoms with Crippen molar-refractivity contribution in [3.05, 3.63) is 40.9 Å². The van der Waals surface area contributed by atoms with Crippen molar-refractivity contribution in [3.63, 3.8) is 0 Å². The molecule has 18 heavy (non-hydrogen) atoms. The lowest BCUT2D eigenvalue weighted by Crippen LogP contribution is -2.11. The van der Waals surface area contributed by atoms with Gasteiger partial charge in [0, 0.05) is 24.2 Å². The lowest BCUT2D eigenvalue weighted by Gasteiger charge is -2.04. The first-order valence-corrected chi connectivity index (χ1v) is 6.46. The molecule has 2 aromatic rings. The van der Waals surface area contributed by atoms with Gasteiger partial charge in [0.25, 0.3) is 5.19 Å². The van der Waals surface area contributed by atoms with E-state index in [0.717, 1.165) is 18.8 Å². The molecule has 2 rings (SSSR count). The fourth-order valence-corrected chi connectivity index (χ4v) is 2.23. The van der Waals surface area contributed by atoms with Crippen LogP contribution in [0.25, 0.3) is 0 Å². The number of hydrogen-bond donors (Lipinski definition) is 1. The van der Waals surface area contributed by atoms with Crippen molar-refractivity contribution in [2.45, 2.75) is 13.1 Å². The van der Waals surface area contributed by atoms with Crippen LogP contribution in [0.3, 0.4) is 0 Å². The number of aromatic nitrogens is 1. The van der Waals surface area contributed by atoms with E-state index in [2.05, 4.69) is 22.4 Å². The van der Waals surface area contributed by atoms with Crippen LogP contribution in [0.15, 0.2) is 30.5 Å². The van der Waals surface area contributed by atoms with Crippen molar-refractivity contribution < 1.29 is 9.47 Å². The molecular formula is C13H16N2O2S. The van der Waals surface area contributed by atoms with Crippen LogP contribution in [0.5, 0.6) is 10.9 Å². The van der Waals surface area contributed by atoms with Crippen molar-refractivity contribution in [2.24, 2.45) is 0 Å². The minimum atomic E-state index is 0.705. The maximum atomic E-state index is 5.12. The third-order valence-electron chi connectivity index (χ3n) is 2.49. The molecular weight excluding hydrogens is 248 g/mol. The summed E-state index contributed by atoms with van der Waals surface area (Å²) in [4.78, 5) is 5.29. The molecule has 0 aliphatic rings. The van der Waals surface area contributed by atoms with Gasteiger partial charge in [-0.1, -0.05) is 23.5 Å². The average Bonchev–Trinajstić information content (AvgIpc) is 2.87. The van der Waals surface area contributed by atoms with Crippen LogP contribution in [-0.2, 0) is 13.1 Å². The molecule has 1 heterocycles. The van der Waals surface area contributed by atoms with Crippen LogP contribution in [-0.4, -0.2) is 19.2 Å². The van der Waals surface area contributed by atoms with Gasteiger partial charge in [-0.05, 0) is 17.7 Å². The Hall–Kier alpha value is -1.59. The summed E-state index contributed by atoms with van der Waals surface area (Å²) in [7, 11) is 3.30. The Kier molecular flexibility index (Phi) is 4.55. The van der Waals surface area contributed by atoms with Crippen molar-refractivity contribution in [2.75, 3.05) is 14.2 Å². The highest BCUT2D eigenvalue weighted by Gasteiger charge is 2.01. The van der Waals surface area contributed by atoms with E-state index in [1.165, 1.54) is 10.4 Å². The lowest BCUT2D eigenvalue weighted by molar-refractivity contribution is 0.412. The van der Waals surface area contributed by atoms with Gasteiger partial charge in [-0.25, -0.2) is 4.98 Å². The minimum absolute atomic E-state index is 0.705. The van der Waals surface area contributed by atoms with E-state index in [4.69, 9.17) is 9.47 Å². The number of nitrogens with one attached hydrogen (secondary N) is 1. The molecule has 4 nitrogen and oxygen atoms in total. The smallest absolute Gasteiger partial charge is 0.273 e. The van der Waals surface area contributed by atoms with Gasteiger partial charge in [0.15, 0.2) is 0 Å². The Bertz CT molecular complexity index is 482. The Morgan fingerprint density at radius 1 is 1.11 bits per heavy atom. The van der Waals surface area contributed by atoms with E-state index in [9.17, 15) is 0 Å². The van der Waals surface area contributed by atoms with Gasteiger partial charge < -0.3 is 14.8 Å². The molecule has 0 aliphatic heterocycles. The average molecular weight is 264 g/mol. The maximum Gasteiger partial charge on any atom is 0.273 e. The second-order valence-electron chi connectivity index (χ2n) is 3.75. The topological polar surface area (TPSA) is 43.4 Å². The molecule has 1 aromatic carbocycles. The summed E-state index contributed by atoms with van der Waals surface area (Å²) in [5.74, 6) is 0.881. The zero-order valence-corrected chi connectivity index (χ0v) is 11.3. The van der Waals surface area contributed by atoms with Gasteiger partial charge >= 0.3 is 0 Å². The first-order chi connectivity index (χ1) is 8.81. The summed E-state index contributed by atoms with van der Waals surface area (Å²) in [5, 5.41) is 4.07. The molecule has 0 saturated heterocycles. The predicted molar refractivity (Wildman–Crippen MR) is 72.2 cm³/mol. The quantitative estimate of drug-likeness (QED) is 0.870. The fraction of sp³-hybridized carbons (Fsp3) is 0.308. The predicted octanol–water partition coefficient (Wildman–Crippen LogP) is 2.45. The molecule has 0 amide bonds. The van der Waals surface area contributed by atoms with Gasteiger partial charge in [0.05, 0.1) is 14.2 Å². The number of nitrogens with zero attached hydrogens (tertiary/aromatic N) is 1. The number of thiazole rings is 1.